The van der Waals surface area contributed by atoms with E-state index in [9.17, 15) is 0 Å². The number of hydrogen-bond acceptors (Lipinski definition) is 7. The van der Waals surface area contributed by atoms with E-state index in [0.29, 0.717) is 24.5 Å². The molecule has 2 heterocycles. The van der Waals surface area contributed by atoms with Gasteiger partial charge < -0.3 is 10.1 Å². The number of nitrogens with zero attached hydrogens (tertiary/aromatic N) is 6. The zero-order valence-electron chi connectivity index (χ0n) is 11.8. The maximum absolute atomic E-state index is 5.57. The van der Waals surface area contributed by atoms with Crippen molar-refractivity contribution in [1.82, 2.24) is 29.7 Å². The molecule has 0 aromatic carbocycles. The van der Waals surface area contributed by atoms with Crippen LogP contribution in [-0.2, 0) is 0 Å². The van der Waals surface area contributed by atoms with Crippen LogP contribution in [0.2, 0.25) is 0 Å². The van der Waals surface area contributed by atoms with Gasteiger partial charge in [0.05, 0.1) is 6.61 Å². The van der Waals surface area contributed by atoms with Crippen LogP contribution in [0.1, 0.15) is 33.1 Å². The van der Waals surface area contributed by atoms with E-state index < -0.39 is 0 Å². The van der Waals surface area contributed by atoms with Crippen LogP contribution in [-0.4, -0.2) is 42.9 Å². The van der Waals surface area contributed by atoms with Crippen LogP contribution in [0, 0.1) is 0 Å². The molecule has 1 N–H and O–H groups in total. The Bertz CT molecular complexity index is 515. The van der Waals surface area contributed by atoms with Crippen molar-refractivity contribution in [3.05, 3.63) is 12.7 Å². The monoisotopic (exact) mass is 277 g/mol. The fourth-order valence-corrected chi connectivity index (χ4v) is 1.58. The molecule has 0 bridgehead atoms. The van der Waals surface area contributed by atoms with Crippen LogP contribution >= 0.6 is 0 Å². The third kappa shape index (κ3) is 3.87. The molecule has 0 saturated heterocycles. The molecule has 0 aliphatic rings. The molecule has 0 radical (unpaired) electrons. The highest BCUT2D eigenvalue weighted by Crippen LogP contribution is 2.10. The summed E-state index contributed by atoms with van der Waals surface area (Å²) < 4.78 is 7.04. The fraction of sp³-hybridized carbons (Fsp3) is 0.583. The Hall–Kier alpha value is -2.25. The van der Waals surface area contributed by atoms with Gasteiger partial charge in [-0.1, -0.05) is 19.8 Å². The van der Waals surface area contributed by atoms with Gasteiger partial charge in [-0.3, -0.25) is 0 Å². The van der Waals surface area contributed by atoms with Gasteiger partial charge in [-0.05, 0) is 13.3 Å². The molecule has 2 aromatic heterocycles. The normalized spacial score (nSPS) is 10.5. The van der Waals surface area contributed by atoms with E-state index >= 15 is 0 Å². The van der Waals surface area contributed by atoms with Crippen LogP contribution in [0.5, 0.6) is 6.01 Å². The zero-order chi connectivity index (χ0) is 14.2. The smallest absolute Gasteiger partial charge is 0.323 e. The first-order valence-electron chi connectivity index (χ1n) is 6.81. The van der Waals surface area contributed by atoms with Gasteiger partial charge in [0, 0.05) is 6.54 Å². The SMILES string of the molecule is CCCCCOc1nc(NCC)nc(-n2cncn2)n1. The van der Waals surface area contributed by atoms with Gasteiger partial charge in [0.15, 0.2) is 0 Å². The van der Waals surface area contributed by atoms with Gasteiger partial charge in [0.1, 0.15) is 12.7 Å². The summed E-state index contributed by atoms with van der Waals surface area (Å²) >= 11 is 0. The second-order valence-corrected chi connectivity index (χ2v) is 4.17. The molecule has 0 saturated carbocycles. The third-order valence-corrected chi connectivity index (χ3v) is 2.54. The molecule has 8 heteroatoms. The van der Waals surface area contributed by atoms with Crippen molar-refractivity contribution >= 4 is 5.95 Å². The summed E-state index contributed by atoms with van der Waals surface area (Å²) in [5.74, 6) is 0.859. The molecule has 0 fully saturated rings. The van der Waals surface area contributed by atoms with Gasteiger partial charge in [-0.2, -0.15) is 24.7 Å². The summed E-state index contributed by atoms with van der Waals surface area (Å²) in [5, 5.41) is 7.06. The predicted molar refractivity (Wildman–Crippen MR) is 73.9 cm³/mol. The van der Waals surface area contributed by atoms with Gasteiger partial charge in [0.2, 0.25) is 5.95 Å². The Labute approximate surface area is 117 Å². The van der Waals surface area contributed by atoms with E-state index in [1.54, 1.807) is 0 Å². The van der Waals surface area contributed by atoms with Crippen molar-refractivity contribution in [2.45, 2.75) is 33.1 Å². The summed E-state index contributed by atoms with van der Waals surface area (Å²) in [5.41, 5.74) is 0. The average molecular weight is 277 g/mol. The van der Waals surface area contributed by atoms with E-state index in [1.165, 1.54) is 17.3 Å². The highest BCUT2D eigenvalue weighted by atomic mass is 16.5. The van der Waals surface area contributed by atoms with Crippen molar-refractivity contribution in [3.8, 4) is 12.0 Å². The Morgan fingerprint density at radius 2 is 2.10 bits per heavy atom. The highest BCUT2D eigenvalue weighted by Gasteiger charge is 2.09. The van der Waals surface area contributed by atoms with Crippen molar-refractivity contribution in [3.63, 3.8) is 0 Å². The van der Waals surface area contributed by atoms with E-state index in [4.69, 9.17) is 4.74 Å². The van der Waals surface area contributed by atoms with Crippen molar-refractivity contribution in [1.29, 1.82) is 0 Å². The van der Waals surface area contributed by atoms with Crippen LogP contribution in [0.3, 0.4) is 0 Å². The number of nitrogens with one attached hydrogen (secondary N) is 1. The minimum Gasteiger partial charge on any atom is -0.463 e. The second kappa shape index (κ2) is 7.37. The number of aromatic nitrogens is 6. The lowest BCUT2D eigenvalue weighted by Crippen LogP contribution is -2.11. The molecule has 2 aromatic rings. The molecule has 0 amide bonds. The van der Waals surface area contributed by atoms with Crippen LogP contribution in [0.15, 0.2) is 12.7 Å². The molecule has 0 spiro atoms. The zero-order valence-corrected chi connectivity index (χ0v) is 11.8. The standard InChI is InChI=1S/C12H19N7O/c1-3-5-6-7-20-12-17-10(14-4-2)16-11(18-12)19-9-13-8-15-19/h8-9H,3-7H2,1-2H3,(H,14,16,17,18). The summed E-state index contributed by atoms with van der Waals surface area (Å²) in [4.78, 5) is 16.6. The molecule has 0 atom stereocenters. The number of unbranched alkanes of at least 4 members (excludes halogenated alkanes) is 2. The van der Waals surface area contributed by atoms with Gasteiger partial charge in [-0.15, -0.1) is 0 Å². The van der Waals surface area contributed by atoms with Crippen molar-refractivity contribution < 1.29 is 4.74 Å². The third-order valence-electron chi connectivity index (χ3n) is 2.54. The second-order valence-electron chi connectivity index (χ2n) is 4.17. The lowest BCUT2D eigenvalue weighted by Gasteiger charge is -2.08. The summed E-state index contributed by atoms with van der Waals surface area (Å²) in [7, 11) is 0. The lowest BCUT2D eigenvalue weighted by molar-refractivity contribution is 0.281. The van der Waals surface area contributed by atoms with Gasteiger partial charge in [-0.25, -0.2) is 4.98 Å². The molecule has 8 nitrogen and oxygen atoms in total. The molecule has 20 heavy (non-hydrogen) atoms. The first-order valence-corrected chi connectivity index (χ1v) is 6.81. The Balaban J connectivity index is 2.13. The predicted octanol–water partition coefficient (Wildman–Crippen LogP) is 1.45. The molecular formula is C12H19N7O. The maximum atomic E-state index is 5.57. The largest absolute Gasteiger partial charge is 0.463 e. The molecular weight excluding hydrogens is 258 g/mol. The summed E-state index contributed by atoms with van der Waals surface area (Å²) in [6.07, 6.45) is 6.22. The van der Waals surface area contributed by atoms with E-state index in [2.05, 4.69) is 37.3 Å². The number of rotatable bonds is 8. The number of ether oxygens (including phenoxy) is 1. The average Bonchev–Trinajstić information content (AvgIpc) is 2.98. The quantitative estimate of drug-likeness (QED) is 0.730. The highest BCUT2D eigenvalue weighted by molar-refractivity contribution is 5.29. The van der Waals surface area contributed by atoms with Crippen LogP contribution in [0.4, 0.5) is 5.95 Å². The Morgan fingerprint density at radius 1 is 1.20 bits per heavy atom. The number of hydrogen-bond donors (Lipinski definition) is 1. The summed E-state index contributed by atoms with van der Waals surface area (Å²) in [6.45, 7) is 5.44. The molecule has 2 rings (SSSR count). The van der Waals surface area contributed by atoms with Gasteiger partial charge >= 0.3 is 6.01 Å². The van der Waals surface area contributed by atoms with E-state index in [-0.39, 0.29) is 0 Å². The fourth-order valence-electron chi connectivity index (χ4n) is 1.58. The Kier molecular flexibility index (Phi) is 5.22. The van der Waals surface area contributed by atoms with E-state index in [0.717, 1.165) is 25.8 Å². The number of anilines is 1. The lowest BCUT2D eigenvalue weighted by atomic mass is 10.3. The molecule has 0 unspecified atom stereocenters. The topological polar surface area (TPSA) is 90.6 Å². The minimum atomic E-state index is 0.303. The van der Waals surface area contributed by atoms with Crippen molar-refractivity contribution in [2.24, 2.45) is 0 Å². The molecule has 0 aliphatic carbocycles. The van der Waals surface area contributed by atoms with Crippen LogP contribution in [0.25, 0.3) is 5.95 Å². The maximum Gasteiger partial charge on any atom is 0.323 e. The van der Waals surface area contributed by atoms with Crippen LogP contribution < -0.4 is 10.1 Å². The minimum absolute atomic E-state index is 0.303. The van der Waals surface area contributed by atoms with Crippen molar-refractivity contribution in [2.75, 3.05) is 18.5 Å². The van der Waals surface area contributed by atoms with Gasteiger partial charge in [0.25, 0.3) is 5.95 Å². The Morgan fingerprint density at radius 3 is 2.80 bits per heavy atom. The van der Waals surface area contributed by atoms with E-state index in [1.807, 2.05) is 6.92 Å². The molecule has 108 valence electrons. The first-order chi connectivity index (χ1) is 9.83. The summed E-state index contributed by atoms with van der Waals surface area (Å²) in [6, 6.07) is 0.303. The molecule has 0 aliphatic heterocycles. The first kappa shape index (κ1) is 14.2.